The van der Waals surface area contributed by atoms with E-state index in [0.29, 0.717) is 17.3 Å². The molecule has 4 nitrogen and oxygen atoms in total. The van der Waals surface area contributed by atoms with E-state index in [1.165, 1.54) is 12.1 Å². The first-order chi connectivity index (χ1) is 9.43. The van der Waals surface area contributed by atoms with Crippen LogP contribution in [0.2, 0.25) is 0 Å². The summed E-state index contributed by atoms with van der Waals surface area (Å²) in [6.07, 6.45) is 2.82. The minimum atomic E-state index is -0.959. The van der Waals surface area contributed by atoms with E-state index in [1.807, 2.05) is 0 Å². The first kappa shape index (κ1) is 15.0. The molecule has 0 spiro atoms. The second-order valence-corrected chi connectivity index (χ2v) is 5.96. The van der Waals surface area contributed by atoms with E-state index in [4.69, 9.17) is 5.11 Å². The Labute approximate surface area is 124 Å². The van der Waals surface area contributed by atoms with Gasteiger partial charge < -0.3 is 10.4 Å². The molecule has 0 unspecified atom stereocenters. The zero-order valence-corrected chi connectivity index (χ0v) is 12.4. The normalized spacial score (nSPS) is 16.9. The molecule has 0 heterocycles. The Morgan fingerprint density at radius 1 is 1.35 bits per heavy atom. The van der Waals surface area contributed by atoms with E-state index in [-0.39, 0.29) is 12.0 Å². The SMILES string of the molecule is O=C(O)CC1(NC(=O)c2c(F)cccc2Br)CCCC1. The van der Waals surface area contributed by atoms with Crippen LogP contribution in [0.25, 0.3) is 0 Å². The molecule has 1 aromatic rings. The Bertz CT molecular complexity index is 521. The van der Waals surface area contributed by atoms with Gasteiger partial charge in [0.15, 0.2) is 0 Å². The zero-order chi connectivity index (χ0) is 14.8. The number of aliphatic carboxylic acids is 1. The van der Waals surface area contributed by atoms with Crippen LogP contribution in [0, 0.1) is 5.82 Å². The molecule has 0 radical (unpaired) electrons. The van der Waals surface area contributed by atoms with Gasteiger partial charge in [-0.3, -0.25) is 9.59 Å². The molecule has 0 aromatic heterocycles. The van der Waals surface area contributed by atoms with Crippen LogP contribution in [0.5, 0.6) is 0 Å². The monoisotopic (exact) mass is 343 g/mol. The van der Waals surface area contributed by atoms with Crippen molar-refractivity contribution in [3.63, 3.8) is 0 Å². The van der Waals surface area contributed by atoms with Crippen LogP contribution in [-0.4, -0.2) is 22.5 Å². The summed E-state index contributed by atoms with van der Waals surface area (Å²) in [6, 6.07) is 4.29. The van der Waals surface area contributed by atoms with E-state index < -0.39 is 23.2 Å². The number of hydrogen-bond donors (Lipinski definition) is 2. The van der Waals surface area contributed by atoms with Gasteiger partial charge in [0.25, 0.3) is 5.91 Å². The molecule has 1 aliphatic rings. The highest BCUT2D eigenvalue weighted by Crippen LogP contribution is 2.33. The molecule has 0 saturated heterocycles. The van der Waals surface area contributed by atoms with Crippen molar-refractivity contribution in [3.8, 4) is 0 Å². The highest BCUT2D eigenvalue weighted by molar-refractivity contribution is 9.10. The Kier molecular flexibility index (Phi) is 4.42. The molecule has 0 atom stereocenters. The van der Waals surface area contributed by atoms with E-state index >= 15 is 0 Å². The first-order valence-corrected chi connectivity index (χ1v) is 7.21. The summed E-state index contributed by atoms with van der Waals surface area (Å²) in [5.74, 6) is -2.15. The maximum Gasteiger partial charge on any atom is 0.305 e. The van der Waals surface area contributed by atoms with Crippen molar-refractivity contribution in [3.05, 3.63) is 34.1 Å². The number of benzene rings is 1. The molecule has 108 valence electrons. The van der Waals surface area contributed by atoms with Crippen LogP contribution in [0.1, 0.15) is 42.5 Å². The second-order valence-electron chi connectivity index (χ2n) is 5.11. The number of carboxylic acids is 1. The largest absolute Gasteiger partial charge is 0.481 e. The Morgan fingerprint density at radius 2 is 2.00 bits per heavy atom. The first-order valence-electron chi connectivity index (χ1n) is 6.42. The van der Waals surface area contributed by atoms with Crippen molar-refractivity contribution in [1.29, 1.82) is 0 Å². The second kappa shape index (κ2) is 5.91. The Morgan fingerprint density at radius 3 is 2.55 bits per heavy atom. The topological polar surface area (TPSA) is 66.4 Å². The van der Waals surface area contributed by atoms with Gasteiger partial charge in [0, 0.05) is 4.47 Å². The third-order valence-corrected chi connectivity index (χ3v) is 4.28. The molecule has 0 bridgehead atoms. The lowest BCUT2D eigenvalue weighted by Gasteiger charge is -2.29. The quantitative estimate of drug-likeness (QED) is 0.882. The number of carboxylic acid groups (broad SMARTS) is 1. The van der Waals surface area contributed by atoms with E-state index in [0.717, 1.165) is 12.8 Å². The Hall–Kier alpha value is -1.43. The highest BCUT2D eigenvalue weighted by Gasteiger charge is 2.38. The molecule has 1 saturated carbocycles. The zero-order valence-electron chi connectivity index (χ0n) is 10.8. The fourth-order valence-electron chi connectivity index (χ4n) is 2.71. The molecule has 2 N–H and O–H groups in total. The number of hydrogen-bond acceptors (Lipinski definition) is 2. The maximum absolute atomic E-state index is 13.8. The summed E-state index contributed by atoms with van der Waals surface area (Å²) in [6.45, 7) is 0. The number of halogens is 2. The molecule has 20 heavy (non-hydrogen) atoms. The summed E-state index contributed by atoms with van der Waals surface area (Å²) in [4.78, 5) is 23.2. The molecule has 1 aromatic carbocycles. The van der Waals surface area contributed by atoms with E-state index in [2.05, 4.69) is 21.2 Å². The van der Waals surface area contributed by atoms with Gasteiger partial charge in [-0.15, -0.1) is 0 Å². The average Bonchev–Trinajstić information content (AvgIpc) is 2.75. The number of carbonyl (C=O) groups is 2. The molecule has 1 amide bonds. The minimum Gasteiger partial charge on any atom is -0.481 e. The van der Waals surface area contributed by atoms with Gasteiger partial charge in [0.2, 0.25) is 0 Å². The molecular formula is C14H15BrFNO3. The van der Waals surface area contributed by atoms with Crippen molar-refractivity contribution in [2.45, 2.75) is 37.6 Å². The summed E-state index contributed by atoms with van der Waals surface area (Å²) < 4.78 is 14.1. The summed E-state index contributed by atoms with van der Waals surface area (Å²) in [7, 11) is 0. The van der Waals surface area contributed by atoms with Crippen LogP contribution >= 0.6 is 15.9 Å². The van der Waals surface area contributed by atoms with Gasteiger partial charge in [0.05, 0.1) is 17.5 Å². The van der Waals surface area contributed by atoms with Gasteiger partial charge in [-0.05, 0) is 40.9 Å². The van der Waals surface area contributed by atoms with Crippen LogP contribution in [-0.2, 0) is 4.79 Å². The molecule has 1 aliphatic carbocycles. The Balaban J connectivity index is 2.23. The third kappa shape index (κ3) is 3.17. The van der Waals surface area contributed by atoms with Crippen molar-refractivity contribution < 1.29 is 19.1 Å². The van der Waals surface area contributed by atoms with Crippen molar-refractivity contribution >= 4 is 27.8 Å². The predicted octanol–water partition coefficient (Wildman–Crippen LogP) is 3.11. The lowest BCUT2D eigenvalue weighted by molar-refractivity contribution is -0.138. The molecule has 1 fully saturated rings. The number of rotatable bonds is 4. The standard InChI is InChI=1S/C14H15BrFNO3/c15-9-4-3-5-10(16)12(9)13(20)17-14(8-11(18)19)6-1-2-7-14/h3-5H,1-2,6-8H2,(H,17,20)(H,18,19). The van der Waals surface area contributed by atoms with Crippen molar-refractivity contribution in [2.75, 3.05) is 0 Å². The molecule has 0 aliphatic heterocycles. The van der Waals surface area contributed by atoms with E-state index in [1.54, 1.807) is 6.07 Å². The smallest absolute Gasteiger partial charge is 0.305 e. The lowest BCUT2D eigenvalue weighted by atomic mass is 9.92. The molecule has 2 rings (SSSR count). The van der Waals surface area contributed by atoms with Gasteiger partial charge in [-0.1, -0.05) is 18.9 Å². The lowest BCUT2D eigenvalue weighted by Crippen LogP contribution is -2.48. The minimum absolute atomic E-state index is 0.0795. The summed E-state index contributed by atoms with van der Waals surface area (Å²) in [5.41, 5.74) is -0.839. The average molecular weight is 344 g/mol. The van der Waals surface area contributed by atoms with Crippen LogP contribution < -0.4 is 5.32 Å². The maximum atomic E-state index is 13.8. The fraction of sp³-hybridized carbons (Fsp3) is 0.429. The van der Waals surface area contributed by atoms with Crippen LogP contribution in [0.3, 0.4) is 0 Å². The summed E-state index contributed by atoms with van der Waals surface area (Å²) >= 11 is 3.15. The van der Waals surface area contributed by atoms with Gasteiger partial charge in [-0.25, -0.2) is 4.39 Å². The fourth-order valence-corrected chi connectivity index (χ4v) is 3.23. The summed E-state index contributed by atoms with van der Waals surface area (Å²) in [5, 5.41) is 11.7. The van der Waals surface area contributed by atoms with Crippen LogP contribution in [0.15, 0.2) is 22.7 Å². The third-order valence-electron chi connectivity index (χ3n) is 3.62. The van der Waals surface area contributed by atoms with Gasteiger partial charge in [-0.2, -0.15) is 0 Å². The van der Waals surface area contributed by atoms with Gasteiger partial charge in [0.1, 0.15) is 5.82 Å². The van der Waals surface area contributed by atoms with Crippen molar-refractivity contribution in [2.24, 2.45) is 0 Å². The number of carbonyl (C=O) groups excluding carboxylic acids is 1. The predicted molar refractivity (Wildman–Crippen MR) is 75.0 cm³/mol. The molecular weight excluding hydrogens is 329 g/mol. The highest BCUT2D eigenvalue weighted by atomic mass is 79.9. The molecule has 6 heteroatoms. The van der Waals surface area contributed by atoms with Crippen LogP contribution in [0.4, 0.5) is 4.39 Å². The van der Waals surface area contributed by atoms with Gasteiger partial charge >= 0.3 is 5.97 Å². The number of amides is 1. The van der Waals surface area contributed by atoms with E-state index in [9.17, 15) is 14.0 Å². The van der Waals surface area contributed by atoms with Crippen molar-refractivity contribution in [1.82, 2.24) is 5.32 Å². The number of nitrogens with one attached hydrogen (secondary N) is 1.